The van der Waals surface area contributed by atoms with E-state index < -0.39 is 0 Å². The second-order valence-corrected chi connectivity index (χ2v) is 4.35. The first-order valence-electron chi connectivity index (χ1n) is 6.87. The monoisotopic (exact) mass is 293 g/mol. The number of hydrogen-bond donors (Lipinski definition) is 1. The zero-order valence-corrected chi connectivity index (χ0v) is 13.5. The van der Waals surface area contributed by atoms with Crippen LogP contribution < -0.4 is 5.32 Å². The predicted octanol–water partition coefficient (Wildman–Crippen LogP) is 6.18. The predicted molar refractivity (Wildman–Crippen MR) is 91.0 cm³/mol. The normalized spacial score (nSPS) is 11.6. The summed E-state index contributed by atoms with van der Waals surface area (Å²) in [5.41, 5.74) is 2.10. The van der Waals surface area contributed by atoms with E-state index in [4.69, 9.17) is 0 Å². The minimum absolute atomic E-state index is 0.262. The average Bonchev–Trinajstić information content (AvgIpc) is 2.52. The van der Waals surface area contributed by atoms with Crippen LogP contribution in [0.2, 0.25) is 0 Å². The van der Waals surface area contributed by atoms with Crippen LogP contribution in [0.15, 0.2) is 65.1 Å². The van der Waals surface area contributed by atoms with Crippen LogP contribution in [0.4, 0.5) is 9.57 Å². The molecular formula is C17H24FNS. The quantitative estimate of drug-likeness (QED) is 0.628. The first-order valence-corrected chi connectivity index (χ1v) is 7.59. The molecule has 1 aromatic carbocycles. The Bertz CT molecular complexity index is 450. The van der Waals surface area contributed by atoms with Crippen molar-refractivity contribution in [3.8, 4) is 0 Å². The molecule has 0 unspecified atom stereocenters. The smallest absolute Gasteiger partial charge is 0.0812 e. The van der Waals surface area contributed by atoms with Gasteiger partial charge in [0.1, 0.15) is 0 Å². The highest BCUT2D eigenvalue weighted by molar-refractivity contribution is 7.94. The second kappa shape index (κ2) is 12.5. The molecular weight excluding hydrogens is 269 g/mol. The van der Waals surface area contributed by atoms with Gasteiger partial charge in [-0.2, -0.15) is 3.89 Å². The molecule has 0 aliphatic rings. The Labute approximate surface area is 127 Å². The number of halogens is 1. The van der Waals surface area contributed by atoms with Gasteiger partial charge >= 0.3 is 0 Å². The van der Waals surface area contributed by atoms with Gasteiger partial charge in [0.15, 0.2) is 0 Å². The number of rotatable bonds is 6. The van der Waals surface area contributed by atoms with Crippen molar-refractivity contribution >= 4 is 17.8 Å². The van der Waals surface area contributed by atoms with E-state index in [9.17, 15) is 3.89 Å². The van der Waals surface area contributed by atoms with Crippen LogP contribution in [0, 0.1) is 0 Å². The van der Waals surface area contributed by atoms with Gasteiger partial charge in [0.25, 0.3) is 0 Å². The van der Waals surface area contributed by atoms with Gasteiger partial charge in [-0.25, -0.2) is 0 Å². The Morgan fingerprint density at radius 3 is 2.60 bits per heavy atom. The van der Waals surface area contributed by atoms with Gasteiger partial charge in [-0.05, 0) is 37.6 Å². The fraction of sp³-hybridized carbons (Fsp3) is 0.294. The lowest BCUT2D eigenvalue weighted by Gasteiger charge is -2.07. The Kier molecular flexibility index (Phi) is 11.6. The Balaban J connectivity index is 0.00000172. The summed E-state index contributed by atoms with van der Waals surface area (Å²) < 4.78 is 12.4. The maximum absolute atomic E-state index is 12.4. The van der Waals surface area contributed by atoms with Gasteiger partial charge in [-0.15, -0.1) is 0 Å². The summed E-state index contributed by atoms with van der Waals surface area (Å²) in [5, 5.41) is 3.28. The van der Waals surface area contributed by atoms with Gasteiger partial charge in [0.2, 0.25) is 0 Å². The zero-order valence-electron chi connectivity index (χ0n) is 12.7. The standard InChI is InChI=1S/C15H18FNS.C2H6/c1-3-5-8-13(7-4-2)12-17-14-9-6-10-15(11-14)18-16;1-2/h3-11,17H,12H2,1-2H3;1-2H3/b5-3-,7-4-,13-8+;. The van der Waals surface area contributed by atoms with Crippen LogP contribution in [-0.4, -0.2) is 6.54 Å². The summed E-state index contributed by atoms with van der Waals surface area (Å²) in [6, 6.07) is 7.32. The minimum atomic E-state index is 0.262. The highest BCUT2D eigenvalue weighted by Gasteiger charge is 1.97. The lowest BCUT2D eigenvalue weighted by molar-refractivity contribution is 0.934. The Morgan fingerprint density at radius 1 is 1.25 bits per heavy atom. The fourth-order valence-corrected chi connectivity index (χ4v) is 1.77. The lowest BCUT2D eigenvalue weighted by Crippen LogP contribution is -2.03. The average molecular weight is 293 g/mol. The highest BCUT2D eigenvalue weighted by Crippen LogP contribution is 2.22. The fourth-order valence-electron chi connectivity index (χ4n) is 1.47. The molecule has 0 radical (unpaired) electrons. The van der Waals surface area contributed by atoms with Crippen LogP contribution in [-0.2, 0) is 0 Å². The molecule has 0 aliphatic heterocycles. The Morgan fingerprint density at radius 2 is 2.00 bits per heavy atom. The summed E-state index contributed by atoms with van der Waals surface area (Å²) >= 11 is 0.262. The van der Waals surface area contributed by atoms with Crippen molar-refractivity contribution in [2.45, 2.75) is 32.6 Å². The molecule has 1 nitrogen and oxygen atoms in total. The van der Waals surface area contributed by atoms with Crippen molar-refractivity contribution in [3.63, 3.8) is 0 Å². The van der Waals surface area contributed by atoms with Crippen LogP contribution >= 0.6 is 12.1 Å². The molecule has 0 aliphatic carbocycles. The third-order valence-corrected chi connectivity index (χ3v) is 2.74. The van der Waals surface area contributed by atoms with E-state index in [0.29, 0.717) is 4.90 Å². The third kappa shape index (κ3) is 7.85. The van der Waals surface area contributed by atoms with Crippen molar-refractivity contribution in [2.24, 2.45) is 0 Å². The molecule has 0 atom stereocenters. The van der Waals surface area contributed by atoms with Crippen molar-refractivity contribution in [3.05, 3.63) is 60.2 Å². The van der Waals surface area contributed by atoms with Crippen LogP contribution in [0.1, 0.15) is 27.7 Å². The first-order chi connectivity index (χ1) is 9.80. The third-order valence-electron chi connectivity index (χ3n) is 2.30. The topological polar surface area (TPSA) is 12.0 Å². The molecule has 0 heterocycles. The molecule has 0 aromatic heterocycles. The molecule has 0 saturated carbocycles. The maximum Gasteiger partial charge on any atom is 0.0812 e. The van der Waals surface area contributed by atoms with Crippen molar-refractivity contribution in [1.29, 1.82) is 0 Å². The second-order valence-electron chi connectivity index (χ2n) is 3.73. The number of allylic oxidation sites excluding steroid dienone is 4. The maximum atomic E-state index is 12.4. The van der Waals surface area contributed by atoms with E-state index in [1.165, 1.54) is 5.57 Å². The van der Waals surface area contributed by atoms with E-state index >= 15 is 0 Å². The highest BCUT2D eigenvalue weighted by atomic mass is 32.2. The minimum Gasteiger partial charge on any atom is -0.381 e. The molecule has 3 heteroatoms. The Hall–Kier alpha value is -1.48. The summed E-state index contributed by atoms with van der Waals surface area (Å²) in [6.45, 7) is 8.69. The largest absolute Gasteiger partial charge is 0.381 e. The zero-order chi connectivity index (χ0) is 15.2. The number of benzene rings is 1. The number of nitrogens with one attached hydrogen (secondary N) is 1. The van der Waals surface area contributed by atoms with E-state index in [0.717, 1.165) is 12.2 Å². The molecule has 0 amide bonds. The number of anilines is 1. The molecule has 1 rings (SSSR count). The van der Waals surface area contributed by atoms with Gasteiger partial charge in [0, 0.05) is 17.1 Å². The van der Waals surface area contributed by atoms with Crippen molar-refractivity contribution in [1.82, 2.24) is 0 Å². The van der Waals surface area contributed by atoms with Gasteiger partial charge in [0.05, 0.1) is 12.1 Å². The van der Waals surface area contributed by atoms with Crippen LogP contribution in [0.25, 0.3) is 0 Å². The molecule has 0 bridgehead atoms. The van der Waals surface area contributed by atoms with Crippen LogP contribution in [0.5, 0.6) is 0 Å². The van der Waals surface area contributed by atoms with Crippen molar-refractivity contribution in [2.75, 3.05) is 11.9 Å². The van der Waals surface area contributed by atoms with Crippen LogP contribution in [0.3, 0.4) is 0 Å². The van der Waals surface area contributed by atoms with Crippen molar-refractivity contribution < 1.29 is 3.89 Å². The first kappa shape index (κ1) is 18.5. The van der Waals surface area contributed by atoms with Gasteiger partial charge < -0.3 is 5.32 Å². The van der Waals surface area contributed by atoms with Gasteiger partial charge in [-0.1, -0.05) is 50.3 Å². The number of hydrogen-bond acceptors (Lipinski definition) is 2. The summed E-state index contributed by atoms with van der Waals surface area (Å²) in [4.78, 5) is 0.616. The molecule has 0 saturated heterocycles. The lowest BCUT2D eigenvalue weighted by atomic mass is 10.2. The van der Waals surface area contributed by atoms with E-state index in [1.54, 1.807) is 12.1 Å². The molecule has 20 heavy (non-hydrogen) atoms. The molecule has 110 valence electrons. The molecule has 0 fully saturated rings. The molecule has 0 spiro atoms. The van der Waals surface area contributed by atoms with Gasteiger partial charge in [-0.3, -0.25) is 0 Å². The SMILES string of the molecule is CC.C\C=C/C=C(\C=C/C)CNc1cccc(SF)c1. The van der Waals surface area contributed by atoms with E-state index in [1.807, 2.05) is 58.1 Å². The summed E-state index contributed by atoms with van der Waals surface area (Å²) in [5.74, 6) is 0. The van der Waals surface area contributed by atoms with E-state index in [2.05, 4.69) is 17.5 Å². The molecule has 1 N–H and O–H groups in total. The van der Waals surface area contributed by atoms with E-state index in [-0.39, 0.29) is 12.1 Å². The summed E-state index contributed by atoms with van der Waals surface area (Å²) in [7, 11) is 0. The summed E-state index contributed by atoms with van der Waals surface area (Å²) in [6.07, 6.45) is 10.1. The molecule has 1 aromatic rings.